The molecule has 0 N–H and O–H groups in total. The average Bonchev–Trinajstić information content (AvgIpc) is 2.56. The minimum Gasteiger partial charge on any atom is -0.493 e. The Morgan fingerprint density at radius 1 is 1.00 bits per heavy atom. The van der Waals surface area contributed by atoms with Crippen LogP contribution in [0.4, 0.5) is 4.39 Å². The molecule has 2 nitrogen and oxygen atoms in total. The van der Waals surface area contributed by atoms with Crippen LogP contribution >= 0.6 is 0 Å². The summed E-state index contributed by atoms with van der Waals surface area (Å²) >= 11 is 0. The monoisotopic (exact) mass is 362 g/mol. The standard InChI is InChI=1S/C23H35FO2/c1-10-20(25)16(8)12-26-17(9)22-18(13(2)3)11-19(14(4)5)23(24)21(22)15(6)7/h11-15,17H,10H2,1-9H3/b16-12+/t17-/m1/s1. The molecule has 0 radical (unpaired) electrons. The second kappa shape index (κ2) is 9.34. The Balaban J connectivity index is 3.52. The molecule has 0 fully saturated rings. The Labute approximate surface area is 158 Å². The Morgan fingerprint density at radius 2 is 1.54 bits per heavy atom. The number of carbonyl (C=O) groups excluding carboxylic acids is 1. The maximum atomic E-state index is 15.3. The van der Waals surface area contributed by atoms with Crippen LogP contribution in [0.2, 0.25) is 0 Å². The molecule has 1 aromatic rings. The first kappa shape index (κ1) is 22.4. The number of hydrogen-bond acceptors (Lipinski definition) is 2. The van der Waals surface area contributed by atoms with Crippen LogP contribution in [0.1, 0.15) is 115 Å². The Kier molecular flexibility index (Phi) is 8.05. The molecule has 0 spiro atoms. The van der Waals surface area contributed by atoms with E-state index in [0.29, 0.717) is 12.0 Å². The van der Waals surface area contributed by atoms with Gasteiger partial charge in [0.2, 0.25) is 0 Å². The van der Waals surface area contributed by atoms with Crippen molar-refractivity contribution in [1.82, 2.24) is 0 Å². The fourth-order valence-electron chi connectivity index (χ4n) is 3.27. The van der Waals surface area contributed by atoms with Crippen molar-refractivity contribution in [3.63, 3.8) is 0 Å². The van der Waals surface area contributed by atoms with Crippen molar-refractivity contribution in [1.29, 1.82) is 0 Å². The lowest BCUT2D eigenvalue weighted by molar-refractivity contribution is -0.115. The van der Waals surface area contributed by atoms with Crippen LogP contribution in [-0.2, 0) is 9.53 Å². The highest BCUT2D eigenvalue weighted by atomic mass is 19.1. The van der Waals surface area contributed by atoms with Gasteiger partial charge in [-0.3, -0.25) is 4.79 Å². The van der Waals surface area contributed by atoms with Gasteiger partial charge >= 0.3 is 0 Å². The molecule has 0 saturated carbocycles. The number of rotatable bonds is 8. The van der Waals surface area contributed by atoms with E-state index >= 15 is 4.39 Å². The highest BCUT2D eigenvalue weighted by Crippen LogP contribution is 2.39. The molecule has 1 aromatic carbocycles. The van der Waals surface area contributed by atoms with Crippen LogP contribution < -0.4 is 0 Å². The fraction of sp³-hybridized carbons (Fsp3) is 0.609. The van der Waals surface area contributed by atoms with Crippen molar-refractivity contribution >= 4 is 5.78 Å². The summed E-state index contributed by atoms with van der Waals surface area (Å²) in [5, 5.41) is 0. The number of Topliss-reactive ketones (excluding diaryl/α,β-unsaturated/α-hetero) is 1. The van der Waals surface area contributed by atoms with Gasteiger partial charge in [0.1, 0.15) is 11.9 Å². The largest absolute Gasteiger partial charge is 0.493 e. The smallest absolute Gasteiger partial charge is 0.161 e. The topological polar surface area (TPSA) is 26.3 Å². The van der Waals surface area contributed by atoms with Crippen molar-refractivity contribution in [3.8, 4) is 0 Å². The molecule has 146 valence electrons. The molecular formula is C23H35FO2. The highest BCUT2D eigenvalue weighted by Gasteiger charge is 2.26. The van der Waals surface area contributed by atoms with E-state index in [1.165, 1.54) is 6.26 Å². The number of hydrogen-bond donors (Lipinski definition) is 0. The maximum absolute atomic E-state index is 15.3. The zero-order valence-electron chi connectivity index (χ0n) is 17.9. The molecule has 0 aliphatic carbocycles. The van der Waals surface area contributed by atoms with Gasteiger partial charge in [-0.2, -0.15) is 0 Å². The van der Waals surface area contributed by atoms with Gasteiger partial charge < -0.3 is 4.74 Å². The van der Waals surface area contributed by atoms with Crippen molar-refractivity contribution < 1.29 is 13.9 Å². The summed E-state index contributed by atoms with van der Waals surface area (Å²) in [5.74, 6) is 0.380. The van der Waals surface area contributed by atoms with Crippen molar-refractivity contribution in [3.05, 3.63) is 46.0 Å². The van der Waals surface area contributed by atoms with Gasteiger partial charge in [0.25, 0.3) is 0 Å². The summed E-state index contributed by atoms with van der Waals surface area (Å²) in [6, 6.07) is 2.00. The normalized spacial score (nSPS) is 13.7. The molecule has 0 bridgehead atoms. The van der Waals surface area contributed by atoms with Gasteiger partial charge in [-0.05, 0) is 48.3 Å². The molecule has 1 atom stereocenters. The minimum atomic E-state index is -0.319. The number of ketones is 1. The fourth-order valence-corrected chi connectivity index (χ4v) is 3.27. The van der Waals surface area contributed by atoms with Crippen molar-refractivity contribution in [2.45, 2.75) is 92.6 Å². The average molecular weight is 363 g/mol. The van der Waals surface area contributed by atoms with Gasteiger partial charge in [0.15, 0.2) is 5.78 Å². The number of benzene rings is 1. The molecule has 3 heteroatoms. The second-order valence-electron chi connectivity index (χ2n) is 8.02. The summed E-state index contributed by atoms with van der Waals surface area (Å²) < 4.78 is 21.2. The van der Waals surface area contributed by atoms with Gasteiger partial charge in [0, 0.05) is 17.6 Å². The Morgan fingerprint density at radius 3 is 1.96 bits per heavy atom. The lowest BCUT2D eigenvalue weighted by Gasteiger charge is -2.27. The predicted octanol–water partition coefficient (Wildman–Crippen LogP) is 7.16. The quantitative estimate of drug-likeness (QED) is 0.362. The predicted molar refractivity (Wildman–Crippen MR) is 107 cm³/mol. The Hall–Kier alpha value is -1.64. The molecule has 0 amide bonds. The first-order valence-corrected chi connectivity index (χ1v) is 9.74. The highest BCUT2D eigenvalue weighted by molar-refractivity contribution is 5.94. The van der Waals surface area contributed by atoms with Crippen molar-refractivity contribution in [2.75, 3.05) is 0 Å². The molecular weight excluding hydrogens is 327 g/mol. The zero-order chi connectivity index (χ0) is 20.2. The molecule has 0 aliphatic rings. The molecule has 26 heavy (non-hydrogen) atoms. The van der Waals surface area contributed by atoms with Gasteiger partial charge in [-0.25, -0.2) is 4.39 Å². The molecule has 0 unspecified atom stereocenters. The van der Waals surface area contributed by atoms with Crippen LogP contribution in [0, 0.1) is 5.82 Å². The summed E-state index contributed by atoms with van der Waals surface area (Å²) in [4.78, 5) is 11.8. The zero-order valence-corrected chi connectivity index (χ0v) is 17.9. The first-order valence-electron chi connectivity index (χ1n) is 9.74. The van der Waals surface area contributed by atoms with Gasteiger partial charge in [-0.15, -0.1) is 0 Å². The SMILES string of the molecule is CCC(=O)/C(C)=C/O[C@H](C)c1c(C(C)C)cc(C(C)C)c(F)c1C(C)C. The molecule has 1 rings (SSSR count). The van der Waals surface area contributed by atoms with E-state index in [4.69, 9.17) is 4.74 Å². The van der Waals surface area contributed by atoms with E-state index in [1.807, 2.05) is 47.6 Å². The molecule has 0 heterocycles. The van der Waals surface area contributed by atoms with E-state index < -0.39 is 0 Å². The second-order valence-corrected chi connectivity index (χ2v) is 8.02. The third-order valence-corrected chi connectivity index (χ3v) is 4.84. The van der Waals surface area contributed by atoms with Crippen LogP contribution in [0.5, 0.6) is 0 Å². The summed E-state index contributed by atoms with van der Waals surface area (Å²) in [6.07, 6.45) is 1.66. The van der Waals surface area contributed by atoms with E-state index in [9.17, 15) is 4.79 Å². The minimum absolute atomic E-state index is 0.0506. The third kappa shape index (κ3) is 4.96. The van der Waals surface area contributed by atoms with E-state index in [2.05, 4.69) is 13.8 Å². The van der Waals surface area contributed by atoms with Crippen LogP contribution in [0.3, 0.4) is 0 Å². The van der Waals surface area contributed by atoms with Gasteiger partial charge in [-0.1, -0.05) is 54.5 Å². The lowest BCUT2D eigenvalue weighted by Crippen LogP contribution is -2.14. The molecule has 0 aromatic heterocycles. The van der Waals surface area contributed by atoms with E-state index in [0.717, 1.165) is 22.3 Å². The number of allylic oxidation sites excluding steroid dienone is 1. The van der Waals surface area contributed by atoms with Crippen LogP contribution in [-0.4, -0.2) is 5.78 Å². The summed E-state index contributed by atoms with van der Waals surface area (Å²) in [7, 11) is 0. The summed E-state index contributed by atoms with van der Waals surface area (Å²) in [5.41, 5.74) is 4.14. The first-order chi connectivity index (χ1) is 12.0. The van der Waals surface area contributed by atoms with Crippen molar-refractivity contribution in [2.24, 2.45) is 0 Å². The lowest BCUT2D eigenvalue weighted by atomic mass is 9.82. The maximum Gasteiger partial charge on any atom is 0.161 e. The number of carbonyl (C=O) groups is 1. The molecule has 0 saturated heterocycles. The van der Waals surface area contributed by atoms with E-state index in [-0.39, 0.29) is 35.5 Å². The Bertz CT molecular complexity index is 669. The van der Waals surface area contributed by atoms with Crippen LogP contribution in [0.25, 0.3) is 0 Å². The number of ether oxygens (including phenoxy) is 1. The van der Waals surface area contributed by atoms with E-state index in [1.54, 1.807) is 6.92 Å². The molecule has 0 aliphatic heterocycles. The van der Waals surface area contributed by atoms with Crippen LogP contribution in [0.15, 0.2) is 17.9 Å². The number of halogens is 1. The summed E-state index contributed by atoms with van der Waals surface area (Å²) in [6.45, 7) is 17.9. The van der Waals surface area contributed by atoms with Gasteiger partial charge in [0.05, 0.1) is 6.26 Å². The third-order valence-electron chi connectivity index (χ3n) is 4.84.